The van der Waals surface area contributed by atoms with Crippen molar-refractivity contribution in [1.29, 1.82) is 0 Å². The van der Waals surface area contributed by atoms with E-state index in [1.165, 1.54) is 4.31 Å². The Bertz CT molecular complexity index is 1170. The first-order chi connectivity index (χ1) is 16.0. The number of benzene rings is 2. The summed E-state index contributed by atoms with van der Waals surface area (Å²) in [5.74, 6) is 4.08. The van der Waals surface area contributed by atoms with E-state index in [2.05, 4.69) is 11.5 Å². The van der Waals surface area contributed by atoms with E-state index in [-0.39, 0.29) is 4.90 Å². The van der Waals surface area contributed by atoms with E-state index in [0.29, 0.717) is 38.4 Å². The molecule has 8 nitrogen and oxygen atoms in total. The molecule has 33 heavy (non-hydrogen) atoms. The van der Waals surface area contributed by atoms with Crippen molar-refractivity contribution in [3.63, 3.8) is 0 Å². The predicted octanol–water partition coefficient (Wildman–Crippen LogP) is 3.40. The van der Waals surface area contributed by atoms with Crippen LogP contribution in [0, 0.1) is 0 Å². The fourth-order valence-corrected chi connectivity index (χ4v) is 5.95. The number of thioether (sulfide) groups is 1. The van der Waals surface area contributed by atoms with Crippen molar-refractivity contribution in [2.45, 2.75) is 24.1 Å². The van der Waals surface area contributed by atoms with Crippen molar-refractivity contribution in [2.75, 3.05) is 45.8 Å². The van der Waals surface area contributed by atoms with Crippen LogP contribution in [-0.4, -0.2) is 68.0 Å². The molecule has 4 rings (SSSR count). The van der Waals surface area contributed by atoms with Gasteiger partial charge in [-0.1, -0.05) is 0 Å². The monoisotopic (exact) mass is 491 g/mol. The van der Waals surface area contributed by atoms with Crippen molar-refractivity contribution in [3.05, 3.63) is 48.3 Å². The maximum Gasteiger partial charge on any atom is 0.243 e. The smallest absolute Gasteiger partial charge is 0.243 e. The SMILES string of the molecule is CCn1c(CSCCOc2ccc(OC)cc2)nc2cc(S(=O)(=O)N3CCOCC3)ccc21. The molecule has 178 valence electrons. The molecule has 0 amide bonds. The zero-order valence-corrected chi connectivity index (χ0v) is 20.5. The first-order valence-corrected chi connectivity index (χ1v) is 13.5. The van der Waals surface area contributed by atoms with Crippen LogP contribution in [0.5, 0.6) is 11.5 Å². The molecule has 0 atom stereocenters. The summed E-state index contributed by atoms with van der Waals surface area (Å²) >= 11 is 1.74. The molecule has 2 aromatic carbocycles. The molecule has 10 heteroatoms. The molecule has 1 aromatic heterocycles. The van der Waals surface area contributed by atoms with Gasteiger partial charge in [0, 0.05) is 25.4 Å². The Balaban J connectivity index is 1.40. The lowest BCUT2D eigenvalue weighted by Gasteiger charge is -2.26. The molecular weight excluding hydrogens is 462 g/mol. The second kappa shape index (κ2) is 10.8. The highest BCUT2D eigenvalue weighted by atomic mass is 32.2. The van der Waals surface area contributed by atoms with Gasteiger partial charge in [0.15, 0.2) is 0 Å². The second-order valence-electron chi connectivity index (χ2n) is 7.52. The fraction of sp³-hybridized carbons (Fsp3) is 0.435. The van der Waals surface area contributed by atoms with Gasteiger partial charge in [-0.3, -0.25) is 0 Å². The van der Waals surface area contributed by atoms with E-state index in [4.69, 9.17) is 19.2 Å². The van der Waals surface area contributed by atoms with Crippen molar-refractivity contribution in [3.8, 4) is 11.5 Å². The Morgan fingerprint density at radius 1 is 1.09 bits per heavy atom. The van der Waals surface area contributed by atoms with Gasteiger partial charge in [-0.25, -0.2) is 13.4 Å². The molecule has 0 spiro atoms. The predicted molar refractivity (Wildman–Crippen MR) is 130 cm³/mol. The maximum absolute atomic E-state index is 13.0. The van der Waals surface area contributed by atoms with Crippen molar-refractivity contribution < 1.29 is 22.6 Å². The number of sulfonamides is 1. The minimum Gasteiger partial charge on any atom is -0.497 e. The molecule has 1 fully saturated rings. The number of morpholine rings is 1. The summed E-state index contributed by atoms with van der Waals surface area (Å²) < 4.78 is 45.8. The van der Waals surface area contributed by atoms with Crippen LogP contribution in [0.1, 0.15) is 12.7 Å². The van der Waals surface area contributed by atoms with Crippen molar-refractivity contribution in [2.24, 2.45) is 0 Å². The summed E-state index contributed by atoms with van der Waals surface area (Å²) in [6.45, 7) is 5.04. The minimum atomic E-state index is -3.54. The Kier molecular flexibility index (Phi) is 7.79. The minimum absolute atomic E-state index is 0.282. The molecule has 1 aliphatic rings. The van der Waals surface area contributed by atoms with E-state index < -0.39 is 10.0 Å². The number of rotatable bonds is 10. The summed E-state index contributed by atoms with van der Waals surface area (Å²) in [4.78, 5) is 5.04. The molecule has 0 saturated carbocycles. The van der Waals surface area contributed by atoms with Gasteiger partial charge >= 0.3 is 0 Å². The second-order valence-corrected chi connectivity index (χ2v) is 10.6. The maximum atomic E-state index is 13.0. The number of imidazole rings is 1. The highest BCUT2D eigenvalue weighted by Gasteiger charge is 2.27. The Labute approximate surface area is 198 Å². The van der Waals surface area contributed by atoms with Crippen LogP contribution in [0.4, 0.5) is 0 Å². The third-order valence-corrected chi connectivity index (χ3v) is 8.32. The molecule has 1 aliphatic heterocycles. The molecule has 2 heterocycles. The lowest BCUT2D eigenvalue weighted by molar-refractivity contribution is 0.0730. The van der Waals surface area contributed by atoms with Crippen molar-refractivity contribution in [1.82, 2.24) is 13.9 Å². The molecule has 3 aromatic rings. The molecule has 0 radical (unpaired) electrons. The van der Waals surface area contributed by atoms with Gasteiger partial charge in [0.05, 0.1) is 48.6 Å². The number of nitrogens with zero attached hydrogens (tertiary/aromatic N) is 3. The fourth-order valence-electron chi connectivity index (χ4n) is 3.77. The first kappa shape index (κ1) is 23.9. The van der Waals surface area contributed by atoms with E-state index in [1.54, 1.807) is 31.0 Å². The summed E-state index contributed by atoms with van der Waals surface area (Å²) in [5, 5.41) is 0. The lowest BCUT2D eigenvalue weighted by Crippen LogP contribution is -2.40. The number of aromatic nitrogens is 2. The standard InChI is InChI=1S/C23H29N3O5S2/c1-3-26-22-9-8-20(33(27,28)25-10-12-30-13-11-25)16-21(22)24-23(26)17-32-15-14-31-19-6-4-18(29-2)5-7-19/h4-9,16H,3,10-15,17H2,1-2H3. The van der Waals surface area contributed by atoms with Crippen LogP contribution < -0.4 is 9.47 Å². The van der Waals surface area contributed by atoms with Gasteiger partial charge in [-0.15, -0.1) is 0 Å². The zero-order chi connectivity index (χ0) is 23.3. The summed E-state index contributed by atoms with van der Waals surface area (Å²) in [6, 6.07) is 12.8. The number of hydrogen-bond acceptors (Lipinski definition) is 7. The highest BCUT2D eigenvalue weighted by molar-refractivity contribution is 7.98. The first-order valence-electron chi connectivity index (χ1n) is 10.9. The van der Waals surface area contributed by atoms with Gasteiger partial charge < -0.3 is 18.8 Å². The van der Waals surface area contributed by atoms with E-state index in [9.17, 15) is 8.42 Å². The van der Waals surface area contributed by atoms with Gasteiger partial charge in [0.2, 0.25) is 10.0 Å². The van der Waals surface area contributed by atoms with Crippen LogP contribution in [-0.2, 0) is 27.1 Å². The molecule has 0 unspecified atom stereocenters. The Morgan fingerprint density at radius 3 is 2.52 bits per heavy atom. The van der Waals surface area contributed by atoms with Crippen LogP contribution in [0.3, 0.4) is 0 Å². The van der Waals surface area contributed by atoms with Crippen molar-refractivity contribution >= 4 is 32.8 Å². The summed E-state index contributed by atoms with van der Waals surface area (Å²) in [7, 11) is -1.91. The number of methoxy groups -OCH3 is 1. The van der Waals surface area contributed by atoms with E-state index in [1.807, 2.05) is 30.3 Å². The number of ether oxygens (including phenoxy) is 3. The third kappa shape index (κ3) is 5.46. The number of fused-ring (bicyclic) bond motifs is 1. The largest absolute Gasteiger partial charge is 0.497 e. The normalized spacial score (nSPS) is 15.1. The Hall–Kier alpha value is -2.27. The van der Waals surface area contributed by atoms with Crippen LogP contribution in [0.2, 0.25) is 0 Å². The molecule has 0 bridgehead atoms. The third-order valence-electron chi connectivity index (χ3n) is 5.51. The molecule has 0 aliphatic carbocycles. The van der Waals surface area contributed by atoms with Crippen LogP contribution in [0.25, 0.3) is 11.0 Å². The summed E-state index contributed by atoms with van der Waals surface area (Å²) in [6.07, 6.45) is 0. The number of aryl methyl sites for hydroxylation is 1. The average molecular weight is 492 g/mol. The van der Waals surface area contributed by atoms with E-state index >= 15 is 0 Å². The number of hydrogen-bond donors (Lipinski definition) is 0. The molecular formula is C23H29N3O5S2. The van der Waals surface area contributed by atoms with Crippen LogP contribution >= 0.6 is 11.8 Å². The van der Waals surface area contributed by atoms with Gasteiger partial charge in [0.1, 0.15) is 17.3 Å². The van der Waals surface area contributed by atoms with Gasteiger partial charge in [0.25, 0.3) is 0 Å². The van der Waals surface area contributed by atoms with Gasteiger partial charge in [-0.05, 0) is 49.4 Å². The van der Waals surface area contributed by atoms with Gasteiger partial charge in [-0.2, -0.15) is 16.1 Å². The quantitative estimate of drug-likeness (QED) is 0.402. The Morgan fingerprint density at radius 2 is 1.82 bits per heavy atom. The molecule has 0 N–H and O–H groups in total. The molecule has 1 saturated heterocycles. The lowest BCUT2D eigenvalue weighted by atomic mass is 10.3. The van der Waals surface area contributed by atoms with E-state index in [0.717, 1.165) is 40.9 Å². The topological polar surface area (TPSA) is 82.9 Å². The summed E-state index contributed by atoms with van der Waals surface area (Å²) in [5.41, 5.74) is 1.65. The van der Waals surface area contributed by atoms with Crippen LogP contribution in [0.15, 0.2) is 47.4 Å². The average Bonchev–Trinajstić information content (AvgIpc) is 3.21. The zero-order valence-electron chi connectivity index (χ0n) is 18.9. The highest BCUT2D eigenvalue weighted by Crippen LogP contribution is 2.25.